The predicted molar refractivity (Wildman–Crippen MR) is 129 cm³/mol. The lowest BCUT2D eigenvalue weighted by molar-refractivity contribution is 0.825. The molecule has 0 aliphatic heterocycles. The van der Waals surface area contributed by atoms with E-state index in [1.165, 1.54) is 28.8 Å². The summed E-state index contributed by atoms with van der Waals surface area (Å²) in [4.78, 5) is 0. The second kappa shape index (κ2) is 8.19. The Labute approximate surface area is 172 Å². The summed E-state index contributed by atoms with van der Waals surface area (Å²) in [5.41, 5.74) is 3.08. The largest absolute Gasteiger partial charge is 0.0780 e. The number of hydrogen-bond acceptors (Lipinski definition) is 0. The molecule has 1 atom stereocenters. The van der Waals surface area contributed by atoms with E-state index < -0.39 is 8.07 Å². The van der Waals surface area contributed by atoms with Crippen molar-refractivity contribution in [2.24, 2.45) is 0 Å². The molecule has 0 radical (unpaired) electrons. The van der Waals surface area contributed by atoms with Crippen LogP contribution in [0.15, 0.2) is 91.0 Å². The molecule has 2 heteroatoms. The lowest BCUT2D eigenvalue weighted by Gasteiger charge is -2.21. The first-order chi connectivity index (χ1) is 13.5. The number of benzene rings is 3. The quantitative estimate of drug-likeness (QED) is 0.324. The van der Waals surface area contributed by atoms with E-state index in [2.05, 4.69) is 111 Å². The lowest BCUT2D eigenvalue weighted by atomic mass is 9.99. The van der Waals surface area contributed by atoms with E-state index in [-0.39, 0.29) is 7.92 Å². The summed E-state index contributed by atoms with van der Waals surface area (Å²) in [5.74, 6) is 0.565. The molecule has 1 aliphatic rings. The fourth-order valence-electron chi connectivity index (χ4n) is 4.23. The number of rotatable bonds is 6. The van der Waals surface area contributed by atoms with Crippen molar-refractivity contribution in [2.45, 2.75) is 32.0 Å². The van der Waals surface area contributed by atoms with Gasteiger partial charge in [0.25, 0.3) is 0 Å². The zero-order valence-electron chi connectivity index (χ0n) is 17.1. The molecule has 1 aliphatic carbocycles. The summed E-state index contributed by atoms with van der Waals surface area (Å²) >= 11 is 0. The highest BCUT2D eigenvalue weighted by Gasteiger charge is 2.31. The zero-order valence-corrected chi connectivity index (χ0v) is 19.0. The molecule has 142 valence electrons. The fraction of sp³-hybridized carbons (Fsp3) is 0.231. The van der Waals surface area contributed by atoms with Gasteiger partial charge in [-0.2, -0.15) is 0 Å². The molecule has 3 aromatic rings. The second-order valence-electron chi connectivity index (χ2n) is 8.64. The smallest absolute Gasteiger partial charge is 0.0771 e. The van der Waals surface area contributed by atoms with Crippen molar-refractivity contribution >= 4 is 31.8 Å². The van der Waals surface area contributed by atoms with Crippen LogP contribution in [0.1, 0.15) is 23.5 Å². The molecule has 0 saturated carbocycles. The van der Waals surface area contributed by atoms with Crippen LogP contribution in [-0.2, 0) is 0 Å². The first-order valence-electron chi connectivity index (χ1n) is 10.2. The highest BCUT2D eigenvalue weighted by Crippen LogP contribution is 2.44. The number of fused-ring (bicyclic) bond motifs is 1. The van der Waals surface area contributed by atoms with E-state index in [1.807, 2.05) is 0 Å². The maximum absolute atomic E-state index is 2.61. The molecule has 0 aromatic heterocycles. The van der Waals surface area contributed by atoms with E-state index in [1.54, 1.807) is 10.8 Å². The minimum absolute atomic E-state index is 0.317. The van der Waals surface area contributed by atoms with Crippen LogP contribution < -0.4 is 10.6 Å². The molecule has 28 heavy (non-hydrogen) atoms. The number of hydrogen-bond donors (Lipinski definition) is 0. The highest BCUT2D eigenvalue weighted by molar-refractivity contribution is 7.73. The minimum atomic E-state index is -1.33. The van der Waals surface area contributed by atoms with E-state index >= 15 is 0 Å². The van der Waals surface area contributed by atoms with Crippen molar-refractivity contribution in [3.8, 4) is 0 Å². The first kappa shape index (κ1) is 19.4. The third-order valence-electron chi connectivity index (χ3n) is 5.63. The molecule has 0 amide bonds. The fourth-order valence-corrected chi connectivity index (χ4v) is 8.38. The van der Waals surface area contributed by atoms with Crippen LogP contribution in [-0.4, -0.2) is 14.2 Å². The summed E-state index contributed by atoms with van der Waals surface area (Å²) in [6.07, 6.45) is 5.07. The summed E-state index contributed by atoms with van der Waals surface area (Å²) in [5, 5.41) is 4.63. The van der Waals surface area contributed by atoms with Crippen LogP contribution in [0.3, 0.4) is 0 Å². The van der Waals surface area contributed by atoms with Crippen LogP contribution in [0, 0.1) is 0 Å². The molecule has 0 spiro atoms. The van der Waals surface area contributed by atoms with Gasteiger partial charge in [-0.15, -0.1) is 0 Å². The third-order valence-corrected chi connectivity index (χ3v) is 10.2. The van der Waals surface area contributed by atoms with Crippen molar-refractivity contribution in [1.82, 2.24) is 0 Å². The van der Waals surface area contributed by atoms with Gasteiger partial charge in [0, 0.05) is 5.92 Å². The second-order valence-corrected chi connectivity index (χ2v) is 16.0. The molecule has 0 N–H and O–H groups in total. The molecule has 1 unspecified atom stereocenters. The Hall–Kier alpha value is -1.95. The van der Waals surface area contributed by atoms with Crippen LogP contribution in [0.4, 0.5) is 0 Å². The van der Waals surface area contributed by atoms with Gasteiger partial charge in [0.15, 0.2) is 0 Å². The van der Waals surface area contributed by atoms with Crippen molar-refractivity contribution in [1.29, 1.82) is 0 Å². The molecular formula is C26H29PSi. The Balaban J connectivity index is 1.62. The Bertz CT molecular complexity index is 915. The predicted octanol–water partition coefficient (Wildman–Crippen LogP) is 6.57. The zero-order chi connectivity index (χ0) is 19.6. The molecule has 0 nitrogen and oxygen atoms in total. The average Bonchev–Trinajstić information content (AvgIpc) is 3.09. The third kappa shape index (κ3) is 4.07. The van der Waals surface area contributed by atoms with Crippen LogP contribution >= 0.6 is 7.92 Å². The van der Waals surface area contributed by atoms with E-state index in [0.29, 0.717) is 5.92 Å². The summed E-state index contributed by atoms with van der Waals surface area (Å²) in [7, 11) is -1.65. The Morgan fingerprint density at radius 2 is 1.25 bits per heavy atom. The normalized spacial score (nSPS) is 16.1. The summed E-state index contributed by atoms with van der Waals surface area (Å²) in [6, 6.07) is 31.3. The van der Waals surface area contributed by atoms with Gasteiger partial charge in [-0.25, -0.2) is 0 Å². The van der Waals surface area contributed by atoms with Crippen LogP contribution in [0.2, 0.25) is 19.6 Å². The topological polar surface area (TPSA) is 0 Å². The van der Waals surface area contributed by atoms with Gasteiger partial charge in [-0.05, 0) is 42.2 Å². The molecule has 0 bridgehead atoms. The van der Waals surface area contributed by atoms with E-state index in [9.17, 15) is 0 Å². The molecule has 0 heterocycles. The number of allylic oxidation sites excluding steroid dienone is 1. The van der Waals surface area contributed by atoms with Gasteiger partial charge < -0.3 is 0 Å². The Morgan fingerprint density at radius 1 is 0.714 bits per heavy atom. The van der Waals surface area contributed by atoms with Gasteiger partial charge in [0.2, 0.25) is 0 Å². The van der Waals surface area contributed by atoms with Crippen molar-refractivity contribution < 1.29 is 0 Å². The Kier molecular flexibility index (Phi) is 5.67. The van der Waals surface area contributed by atoms with Gasteiger partial charge in [-0.1, -0.05) is 116 Å². The van der Waals surface area contributed by atoms with Gasteiger partial charge in [0.1, 0.15) is 0 Å². The molecule has 0 fully saturated rings. The molecular weight excluding hydrogens is 371 g/mol. The van der Waals surface area contributed by atoms with Gasteiger partial charge >= 0.3 is 0 Å². The summed E-state index contributed by atoms with van der Waals surface area (Å²) < 4.78 is 0. The molecule has 3 aromatic carbocycles. The summed E-state index contributed by atoms with van der Waals surface area (Å²) in [6.45, 7) is 7.41. The molecule has 4 rings (SSSR count). The molecule has 0 saturated heterocycles. The maximum atomic E-state index is 2.61. The first-order valence-corrected chi connectivity index (χ1v) is 15.3. The average molecular weight is 401 g/mol. The Morgan fingerprint density at radius 3 is 1.82 bits per heavy atom. The maximum Gasteiger partial charge on any atom is 0.0780 e. The monoisotopic (exact) mass is 400 g/mol. The van der Waals surface area contributed by atoms with Crippen LogP contribution in [0.5, 0.6) is 0 Å². The van der Waals surface area contributed by atoms with E-state index in [4.69, 9.17) is 0 Å². The van der Waals surface area contributed by atoms with Gasteiger partial charge in [-0.3, -0.25) is 0 Å². The van der Waals surface area contributed by atoms with Crippen molar-refractivity contribution in [2.75, 3.05) is 6.16 Å². The van der Waals surface area contributed by atoms with Crippen molar-refractivity contribution in [3.05, 3.63) is 102 Å². The lowest BCUT2D eigenvalue weighted by Crippen LogP contribution is -2.21. The highest BCUT2D eigenvalue weighted by atomic mass is 31.1. The van der Waals surface area contributed by atoms with E-state index in [0.717, 1.165) is 0 Å². The van der Waals surface area contributed by atoms with Crippen LogP contribution in [0.25, 0.3) is 5.20 Å². The minimum Gasteiger partial charge on any atom is -0.0771 e. The van der Waals surface area contributed by atoms with Crippen molar-refractivity contribution in [3.63, 3.8) is 0 Å². The standard InChI is InChI=1S/C26H29PSi/c1-28(2,3)26-20-21(24-16-10-11-17-25(24)26)18-19-27(22-12-6-4-7-13-22)23-14-8-5-9-15-23/h4-17,20-21H,18-19H2,1-3H3. The SMILES string of the molecule is C[Si](C)(C)C1=CC(CCP(c2ccccc2)c2ccccc2)c2ccccc21. The van der Waals surface area contributed by atoms with Gasteiger partial charge in [0.05, 0.1) is 8.07 Å².